The normalized spacial score (nSPS) is 25.5. The van der Waals surface area contributed by atoms with Crippen molar-refractivity contribution in [3.63, 3.8) is 0 Å². The molecule has 0 spiro atoms. The maximum Gasteiger partial charge on any atom is 0.0625 e. The topological polar surface area (TPSA) is 12.5 Å². The minimum absolute atomic E-state index is 0.379. The van der Waals surface area contributed by atoms with E-state index >= 15 is 0 Å². The van der Waals surface area contributed by atoms with Gasteiger partial charge in [0, 0.05) is 6.04 Å². The lowest BCUT2D eigenvalue weighted by atomic mass is 10.2. The van der Waals surface area contributed by atoms with E-state index in [0.29, 0.717) is 12.1 Å². The second kappa shape index (κ2) is 4.83. The minimum atomic E-state index is 0.379. The molecule has 1 aliphatic rings. The fraction of sp³-hybridized carbons (Fsp3) is 1.00. The van der Waals surface area contributed by atoms with Crippen molar-refractivity contribution >= 4 is 0 Å². The van der Waals surface area contributed by atoms with Gasteiger partial charge in [0.1, 0.15) is 0 Å². The van der Waals surface area contributed by atoms with Crippen molar-refractivity contribution in [1.82, 2.24) is 4.90 Å². The van der Waals surface area contributed by atoms with Gasteiger partial charge in [-0.25, -0.2) is 0 Å². The molecule has 1 atom stereocenters. The van der Waals surface area contributed by atoms with Gasteiger partial charge in [-0.05, 0) is 39.8 Å². The molecule has 1 aliphatic heterocycles. The summed E-state index contributed by atoms with van der Waals surface area (Å²) in [7, 11) is 0. The third-order valence-corrected chi connectivity index (χ3v) is 2.53. The van der Waals surface area contributed by atoms with Crippen molar-refractivity contribution in [2.24, 2.45) is 0 Å². The first-order valence-corrected chi connectivity index (χ1v) is 5.09. The summed E-state index contributed by atoms with van der Waals surface area (Å²) in [6.07, 6.45) is 3.05. The first-order valence-electron chi connectivity index (χ1n) is 5.09. The molecule has 2 heteroatoms. The van der Waals surface area contributed by atoms with E-state index in [9.17, 15) is 0 Å². The number of ether oxygens (including phenoxy) is 1. The average Bonchev–Trinajstić information content (AvgIpc) is 2.47. The van der Waals surface area contributed by atoms with Gasteiger partial charge in [0.15, 0.2) is 0 Å². The number of nitrogens with zero attached hydrogens (tertiary/aromatic N) is 1. The highest BCUT2D eigenvalue weighted by Crippen LogP contribution is 2.16. The summed E-state index contributed by atoms with van der Waals surface area (Å²) in [4.78, 5) is 2.52. The van der Waals surface area contributed by atoms with E-state index in [2.05, 4.69) is 25.7 Å². The zero-order chi connectivity index (χ0) is 8.97. The van der Waals surface area contributed by atoms with Crippen LogP contribution in [-0.2, 0) is 4.74 Å². The summed E-state index contributed by atoms with van der Waals surface area (Å²) in [5, 5.41) is 0. The van der Waals surface area contributed by atoms with E-state index in [4.69, 9.17) is 4.74 Å². The van der Waals surface area contributed by atoms with Gasteiger partial charge < -0.3 is 4.74 Å². The zero-order valence-corrected chi connectivity index (χ0v) is 8.55. The molecule has 0 amide bonds. The fourth-order valence-electron chi connectivity index (χ4n) is 1.80. The Bertz CT molecular complexity index is 125. The lowest BCUT2D eigenvalue weighted by Gasteiger charge is -2.23. The van der Waals surface area contributed by atoms with Crippen LogP contribution in [0.1, 0.15) is 33.6 Å². The minimum Gasteiger partial charge on any atom is -0.377 e. The molecule has 1 rings (SSSR count). The van der Waals surface area contributed by atoms with Gasteiger partial charge in [-0.1, -0.05) is 6.92 Å². The molecule has 0 aromatic rings. The molecule has 0 saturated carbocycles. The molecule has 0 bridgehead atoms. The van der Waals surface area contributed by atoms with Crippen LogP contribution in [0.4, 0.5) is 0 Å². The van der Waals surface area contributed by atoms with Crippen molar-refractivity contribution in [3.05, 3.63) is 0 Å². The second-order valence-electron chi connectivity index (χ2n) is 3.81. The number of hydrogen-bond acceptors (Lipinski definition) is 2. The van der Waals surface area contributed by atoms with Crippen LogP contribution in [0.25, 0.3) is 0 Å². The molecule has 2 nitrogen and oxygen atoms in total. The average molecular weight is 171 g/mol. The fourth-order valence-corrected chi connectivity index (χ4v) is 1.80. The van der Waals surface area contributed by atoms with Gasteiger partial charge in [0.05, 0.1) is 12.7 Å². The van der Waals surface area contributed by atoms with Gasteiger partial charge in [-0.15, -0.1) is 0 Å². The van der Waals surface area contributed by atoms with E-state index in [-0.39, 0.29) is 0 Å². The summed E-state index contributed by atoms with van der Waals surface area (Å²) >= 11 is 0. The number of likely N-dealkylation sites (tertiary alicyclic amines) is 1. The third-order valence-electron chi connectivity index (χ3n) is 2.53. The van der Waals surface area contributed by atoms with E-state index in [0.717, 1.165) is 6.61 Å². The molecule has 0 aromatic heterocycles. The standard InChI is InChI=1S/C10H21NO/c1-4-11-7-5-6-10(11)8-12-9(2)3/h9-10H,4-8H2,1-3H3/t10-/m1/s1. The Hall–Kier alpha value is -0.0800. The van der Waals surface area contributed by atoms with Crippen LogP contribution in [0.2, 0.25) is 0 Å². The van der Waals surface area contributed by atoms with E-state index in [1.807, 2.05) is 0 Å². The van der Waals surface area contributed by atoms with Crippen LogP contribution < -0.4 is 0 Å². The first kappa shape index (κ1) is 10.0. The van der Waals surface area contributed by atoms with Crippen LogP contribution in [0.5, 0.6) is 0 Å². The SMILES string of the molecule is CCN1CCC[C@@H]1COC(C)C. The van der Waals surface area contributed by atoms with Crippen LogP contribution in [0.3, 0.4) is 0 Å². The summed E-state index contributed by atoms with van der Waals surface area (Å²) in [6.45, 7) is 9.80. The highest BCUT2D eigenvalue weighted by atomic mass is 16.5. The van der Waals surface area contributed by atoms with Gasteiger partial charge in [0.2, 0.25) is 0 Å². The van der Waals surface area contributed by atoms with Crippen LogP contribution in [-0.4, -0.2) is 36.7 Å². The Morgan fingerprint density at radius 3 is 2.83 bits per heavy atom. The molecule has 1 fully saturated rings. The lowest BCUT2D eigenvalue weighted by Crippen LogP contribution is -2.33. The van der Waals surface area contributed by atoms with Crippen molar-refractivity contribution in [2.45, 2.75) is 45.8 Å². The molecule has 12 heavy (non-hydrogen) atoms. The molecular weight excluding hydrogens is 150 g/mol. The smallest absolute Gasteiger partial charge is 0.0625 e. The quantitative estimate of drug-likeness (QED) is 0.640. The molecule has 0 radical (unpaired) electrons. The predicted octanol–water partition coefficient (Wildman–Crippen LogP) is 1.90. The van der Waals surface area contributed by atoms with Crippen LogP contribution >= 0.6 is 0 Å². The Labute approximate surface area is 75.9 Å². The Kier molecular flexibility index (Phi) is 4.02. The lowest BCUT2D eigenvalue weighted by molar-refractivity contribution is 0.0386. The monoisotopic (exact) mass is 171 g/mol. The van der Waals surface area contributed by atoms with Gasteiger partial charge in [0.25, 0.3) is 0 Å². The Morgan fingerprint density at radius 2 is 2.25 bits per heavy atom. The highest BCUT2D eigenvalue weighted by Gasteiger charge is 2.22. The molecule has 0 N–H and O–H groups in total. The molecule has 0 aliphatic carbocycles. The number of likely N-dealkylation sites (N-methyl/N-ethyl adjacent to an activating group) is 1. The molecular formula is C10H21NO. The summed E-state index contributed by atoms with van der Waals surface area (Å²) in [6, 6.07) is 0.692. The van der Waals surface area contributed by atoms with Crippen molar-refractivity contribution < 1.29 is 4.74 Å². The third kappa shape index (κ3) is 2.76. The zero-order valence-electron chi connectivity index (χ0n) is 8.55. The molecule has 72 valence electrons. The van der Waals surface area contributed by atoms with Crippen molar-refractivity contribution in [3.8, 4) is 0 Å². The van der Waals surface area contributed by atoms with E-state index in [1.165, 1.54) is 25.9 Å². The molecule has 0 aromatic carbocycles. The van der Waals surface area contributed by atoms with Gasteiger partial charge >= 0.3 is 0 Å². The molecule has 1 saturated heterocycles. The number of hydrogen-bond donors (Lipinski definition) is 0. The summed E-state index contributed by atoms with van der Waals surface area (Å²) < 4.78 is 5.62. The second-order valence-corrected chi connectivity index (χ2v) is 3.81. The number of rotatable bonds is 4. The first-order chi connectivity index (χ1) is 5.74. The van der Waals surface area contributed by atoms with E-state index in [1.54, 1.807) is 0 Å². The van der Waals surface area contributed by atoms with Gasteiger partial charge in [-0.3, -0.25) is 4.90 Å². The van der Waals surface area contributed by atoms with E-state index < -0.39 is 0 Å². The molecule has 1 heterocycles. The van der Waals surface area contributed by atoms with Crippen LogP contribution in [0, 0.1) is 0 Å². The Balaban J connectivity index is 2.21. The van der Waals surface area contributed by atoms with Crippen molar-refractivity contribution in [1.29, 1.82) is 0 Å². The summed E-state index contributed by atoms with van der Waals surface area (Å²) in [5.41, 5.74) is 0. The van der Waals surface area contributed by atoms with Crippen LogP contribution in [0.15, 0.2) is 0 Å². The summed E-state index contributed by atoms with van der Waals surface area (Å²) in [5.74, 6) is 0. The predicted molar refractivity (Wildman–Crippen MR) is 51.4 cm³/mol. The van der Waals surface area contributed by atoms with Crippen molar-refractivity contribution in [2.75, 3.05) is 19.7 Å². The maximum absolute atomic E-state index is 5.62. The maximum atomic E-state index is 5.62. The highest BCUT2D eigenvalue weighted by molar-refractivity contribution is 4.77. The molecule has 0 unspecified atom stereocenters. The largest absolute Gasteiger partial charge is 0.377 e. The Morgan fingerprint density at radius 1 is 1.50 bits per heavy atom. The van der Waals surface area contributed by atoms with Gasteiger partial charge in [-0.2, -0.15) is 0 Å².